The average Bonchev–Trinajstić information content (AvgIpc) is 3.01. The maximum atomic E-state index is 12.3. The van der Waals surface area contributed by atoms with Gasteiger partial charge in [-0.15, -0.1) is 11.3 Å². The maximum absolute atomic E-state index is 12.3. The van der Waals surface area contributed by atoms with Crippen molar-refractivity contribution in [3.8, 4) is 0 Å². The molecule has 0 spiro atoms. The topological polar surface area (TPSA) is 69.3 Å². The molecule has 1 N–H and O–H groups in total. The molecule has 0 bridgehead atoms. The van der Waals surface area contributed by atoms with Crippen LogP contribution in [0.5, 0.6) is 0 Å². The number of piperazine rings is 1. The number of H-pyrrole nitrogens is 1. The molecule has 1 fully saturated rings. The molecule has 3 rings (SSSR count). The van der Waals surface area contributed by atoms with E-state index in [-0.39, 0.29) is 11.5 Å². The number of aromatic nitrogens is 2. The molecule has 6 nitrogen and oxygen atoms in total. The van der Waals surface area contributed by atoms with E-state index >= 15 is 0 Å². The summed E-state index contributed by atoms with van der Waals surface area (Å²) in [5.74, 6) is -0.0881. The van der Waals surface area contributed by atoms with E-state index in [4.69, 9.17) is 0 Å². The van der Waals surface area contributed by atoms with Gasteiger partial charge in [0, 0.05) is 55.6 Å². The summed E-state index contributed by atoms with van der Waals surface area (Å²) in [4.78, 5) is 34.3. The Morgan fingerprint density at radius 1 is 1.30 bits per heavy atom. The molecule has 0 radical (unpaired) electrons. The second-order valence-electron chi connectivity index (χ2n) is 4.54. The van der Waals surface area contributed by atoms with E-state index in [1.165, 1.54) is 12.3 Å². The van der Waals surface area contributed by atoms with Gasteiger partial charge in [-0.25, -0.2) is 4.98 Å². The van der Waals surface area contributed by atoms with Crippen LogP contribution >= 0.6 is 11.3 Å². The third-order valence-electron chi connectivity index (χ3n) is 3.28. The number of nitrogens with zero attached hydrogens (tertiary/aromatic N) is 3. The molecule has 2 aromatic rings. The van der Waals surface area contributed by atoms with Gasteiger partial charge in [0.1, 0.15) is 0 Å². The minimum absolute atomic E-state index is 0.0881. The number of amides is 1. The summed E-state index contributed by atoms with van der Waals surface area (Å²) in [5, 5.41) is 2.94. The third kappa shape index (κ3) is 2.57. The highest BCUT2D eigenvalue weighted by molar-refractivity contribution is 7.13. The number of aromatic amines is 1. The first-order valence-electron chi connectivity index (χ1n) is 6.36. The lowest BCUT2D eigenvalue weighted by molar-refractivity contribution is 0.0746. The molecule has 20 heavy (non-hydrogen) atoms. The molecular weight excluding hydrogens is 276 g/mol. The van der Waals surface area contributed by atoms with Crippen molar-refractivity contribution >= 4 is 22.4 Å². The van der Waals surface area contributed by atoms with Crippen LogP contribution < -0.4 is 10.5 Å². The lowest BCUT2D eigenvalue weighted by Gasteiger charge is -2.34. The molecular formula is C13H14N4O2S. The van der Waals surface area contributed by atoms with E-state index in [1.807, 2.05) is 5.38 Å². The van der Waals surface area contributed by atoms with E-state index in [2.05, 4.69) is 14.9 Å². The Morgan fingerprint density at radius 2 is 2.10 bits per heavy atom. The number of anilines is 1. The molecule has 3 heterocycles. The summed E-state index contributed by atoms with van der Waals surface area (Å²) in [5.41, 5.74) is 0.189. The summed E-state index contributed by atoms with van der Waals surface area (Å²) in [6, 6.07) is 2.98. The van der Waals surface area contributed by atoms with E-state index in [0.717, 1.165) is 18.2 Å². The number of carbonyl (C=O) groups excluding carboxylic acids is 1. The normalized spacial score (nSPS) is 15.4. The first kappa shape index (κ1) is 12.9. The number of rotatable bonds is 2. The van der Waals surface area contributed by atoms with Crippen molar-refractivity contribution in [3.63, 3.8) is 0 Å². The SMILES string of the molecule is O=C(c1cc[nH]c(=O)c1)N1CCN(c2nccs2)CC1. The standard InChI is InChI=1S/C13H14N4O2S/c18-11-9-10(1-2-14-11)12(19)16-4-6-17(7-5-16)13-15-3-8-20-13/h1-3,8-9H,4-7H2,(H,14,18). The molecule has 104 valence electrons. The molecule has 0 aliphatic carbocycles. The van der Waals surface area contributed by atoms with Crippen LogP contribution in [-0.4, -0.2) is 47.0 Å². The largest absolute Gasteiger partial charge is 0.345 e. The Kier molecular flexibility index (Phi) is 3.51. The summed E-state index contributed by atoms with van der Waals surface area (Å²) in [6.45, 7) is 2.82. The Bertz CT molecular complexity index is 644. The molecule has 1 aliphatic heterocycles. The van der Waals surface area contributed by atoms with Gasteiger partial charge < -0.3 is 14.8 Å². The first-order chi connectivity index (χ1) is 9.74. The lowest BCUT2D eigenvalue weighted by atomic mass is 10.2. The predicted octanol–water partition coefficient (Wildman–Crippen LogP) is 0.794. The van der Waals surface area contributed by atoms with Gasteiger partial charge in [-0.2, -0.15) is 0 Å². The number of hydrogen-bond acceptors (Lipinski definition) is 5. The summed E-state index contributed by atoms with van der Waals surface area (Å²) in [6.07, 6.45) is 3.29. The van der Waals surface area contributed by atoms with Crippen molar-refractivity contribution in [2.45, 2.75) is 0 Å². The number of nitrogens with one attached hydrogen (secondary N) is 1. The Balaban J connectivity index is 1.66. The Morgan fingerprint density at radius 3 is 2.75 bits per heavy atom. The van der Waals surface area contributed by atoms with E-state index in [0.29, 0.717) is 18.7 Å². The zero-order chi connectivity index (χ0) is 13.9. The third-order valence-corrected chi connectivity index (χ3v) is 4.11. The molecule has 1 saturated heterocycles. The van der Waals surface area contributed by atoms with E-state index in [9.17, 15) is 9.59 Å². The molecule has 0 unspecified atom stereocenters. The second kappa shape index (κ2) is 5.46. The maximum Gasteiger partial charge on any atom is 0.254 e. The fraction of sp³-hybridized carbons (Fsp3) is 0.308. The number of carbonyl (C=O) groups is 1. The van der Waals surface area contributed by atoms with Gasteiger partial charge in [0.15, 0.2) is 5.13 Å². The number of hydrogen-bond donors (Lipinski definition) is 1. The number of thiazole rings is 1. The van der Waals surface area contributed by atoms with Crippen molar-refractivity contribution in [2.75, 3.05) is 31.1 Å². The fourth-order valence-corrected chi connectivity index (χ4v) is 2.93. The van der Waals surface area contributed by atoms with Crippen LogP contribution in [0.2, 0.25) is 0 Å². The lowest BCUT2D eigenvalue weighted by Crippen LogP contribution is -2.48. The zero-order valence-corrected chi connectivity index (χ0v) is 11.6. The molecule has 0 saturated carbocycles. The molecule has 1 aliphatic rings. The van der Waals surface area contributed by atoms with Gasteiger partial charge >= 0.3 is 0 Å². The summed E-state index contributed by atoms with van der Waals surface area (Å²) >= 11 is 1.60. The highest BCUT2D eigenvalue weighted by Crippen LogP contribution is 2.19. The van der Waals surface area contributed by atoms with Crippen LogP contribution in [0.1, 0.15) is 10.4 Å². The molecule has 2 aromatic heterocycles. The summed E-state index contributed by atoms with van der Waals surface area (Å²) < 4.78 is 0. The fourth-order valence-electron chi connectivity index (χ4n) is 2.23. The highest BCUT2D eigenvalue weighted by Gasteiger charge is 2.23. The molecule has 7 heteroatoms. The van der Waals surface area contributed by atoms with Gasteiger partial charge in [-0.05, 0) is 6.07 Å². The van der Waals surface area contributed by atoms with Crippen LogP contribution in [0, 0.1) is 0 Å². The Hall–Kier alpha value is -2.15. The van der Waals surface area contributed by atoms with Crippen LogP contribution in [0.3, 0.4) is 0 Å². The van der Waals surface area contributed by atoms with Gasteiger partial charge in [0.2, 0.25) is 5.56 Å². The van der Waals surface area contributed by atoms with Gasteiger partial charge in [0.05, 0.1) is 0 Å². The zero-order valence-electron chi connectivity index (χ0n) is 10.8. The van der Waals surface area contributed by atoms with E-state index < -0.39 is 0 Å². The van der Waals surface area contributed by atoms with Crippen molar-refractivity contribution in [1.29, 1.82) is 0 Å². The minimum Gasteiger partial charge on any atom is -0.345 e. The van der Waals surface area contributed by atoms with Crippen LogP contribution in [0.15, 0.2) is 34.7 Å². The van der Waals surface area contributed by atoms with E-state index in [1.54, 1.807) is 28.5 Å². The van der Waals surface area contributed by atoms with Crippen LogP contribution in [0.25, 0.3) is 0 Å². The van der Waals surface area contributed by atoms with Crippen molar-refractivity contribution < 1.29 is 4.79 Å². The molecule has 0 atom stereocenters. The van der Waals surface area contributed by atoms with Crippen molar-refractivity contribution in [2.24, 2.45) is 0 Å². The monoisotopic (exact) mass is 290 g/mol. The molecule has 0 aromatic carbocycles. The molecule has 1 amide bonds. The average molecular weight is 290 g/mol. The quantitative estimate of drug-likeness (QED) is 0.888. The first-order valence-corrected chi connectivity index (χ1v) is 7.24. The van der Waals surface area contributed by atoms with Crippen molar-refractivity contribution in [3.05, 3.63) is 45.8 Å². The summed E-state index contributed by atoms with van der Waals surface area (Å²) in [7, 11) is 0. The van der Waals surface area contributed by atoms with Crippen LogP contribution in [-0.2, 0) is 0 Å². The highest BCUT2D eigenvalue weighted by atomic mass is 32.1. The van der Waals surface area contributed by atoms with Crippen molar-refractivity contribution in [1.82, 2.24) is 14.9 Å². The van der Waals surface area contributed by atoms with Gasteiger partial charge in [-0.3, -0.25) is 9.59 Å². The minimum atomic E-state index is -0.253. The predicted molar refractivity (Wildman–Crippen MR) is 77.3 cm³/mol. The van der Waals surface area contributed by atoms with Gasteiger partial charge in [0.25, 0.3) is 5.91 Å². The smallest absolute Gasteiger partial charge is 0.254 e. The number of pyridine rings is 1. The Labute approximate surface area is 119 Å². The van der Waals surface area contributed by atoms with Gasteiger partial charge in [-0.1, -0.05) is 0 Å². The second-order valence-corrected chi connectivity index (χ2v) is 5.41. The van der Waals surface area contributed by atoms with Crippen LogP contribution in [0.4, 0.5) is 5.13 Å².